The molecule has 1 aliphatic heterocycles. The zero-order chi connectivity index (χ0) is 17.1. The summed E-state index contributed by atoms with van der Waals surface area (Å²) < 4.78 is 0. The lowest BCUT2D eigenvalue weighted by atomic mass is 9.86. The number of piperazine rings is 1. The number of hydrogen-bond donors (Lipinski definition) is 0. The van der Waals surface area contributed by atoms with Gasteiger partial charge in [-0.25, -0.2) is 0 Å². The van der Waals surface area contributed by atoms with Gasteiger partial charge in [-0.1, -0.05) is 19.8 Å². The summed E-state index contributed by atoms with van der Waals surface area (Å²) in [6.07, 6.45) is 5.21. The van der Waals surface area contributed by atoms with E-state index in [9.17, 15) is 14.9 Å². The summed E-state index contributed by atoms with van der Waals surface area (Å²) >= 11 is 0. The SMILES string of the molecule is C[C@H]1CCC[C@@H](N2CCN(C(=O)c3ccc([N+](=O)[O-])cc3)CC2)C1. The summed E-state index contributed by atoms with van der Waals surface area (Å²) in [4.78, 5) is 27.2. The molecule has 0 aromatic heterocycles. The highest BCUT2D eigenvalue weighted by Crippen LogP contribution is 2.28. The second kappa shape index (κ2) is 7.30. The van der Waals surface area contributed by atoms with Crippen LogP contribution in [0.4, 0.5) is 5.69 Å². The van der Waals surface area contributed by atoms with Crippen molar-refractivity contribution >= 4 is 11.6 Å². The van der Waals surface area contributed by atoms with Gasteiger partial charge in [0.25, 0.3) is 11.6 Å². The predicted octanol–water partition coefficient (Wildman–Crippen LogP) is 2.93. The van der Waals surface area contributed by atoms with Crippen LogP contribution in [0.5, 0.6) is 0 Å². The molecule has 6 nitrogen and oxygen atoms in total. The Labute approximate surface area is 142 Å². The number of carbonyl (C=O) groups is 1. The summed E-state index contributed by atoms with van der Waals surface area (Å²) in [5.41, 5.74) is 0.545. The number of benzene rings is 1. The van der Waals surface area contributed by atoms with E-state index in [0.717, 1.165) is 32.1 Å². The fraction of sp³-hybridized carbons (Fsp3) is 0.611. The van der Waals surface area contributed by atoms with Gasteiger partial charge in [-0.2, -0.15) is 0 Å². The molecule has 3 rings (SSSR count). The number of nitro benzene ring substituents is 1. The molecular weight excluding hydrogens is 306 g/mol. The first-order chi connectivity index (χ1) is 11.5. The van der Waals surface area contributed by atoms with Crippen molar-refractivity contribution < 1.29 is 9.72 Å². The van der Waals surface area contributed by atoms with E-state index in [1.807, 2.05) is 4.90 Å². The number of nitrogens with zero attached hydrogens (tertiary/aromatic N) is 3. The lowest BCUT2D eigenvalue weighted by molar-refractivity contribution is -0.384. The Balaban J connectivity index is 1.55. The van der Waals surface area contributed by atoms with Crippen molar-refractivity contribution in [2.75, 3.05) is 26.2 Å². The number of carbonyl (C=O) groups excluding carboxylic acids is 1. The van der Waals surface area contributed by atoms with Gasteiger partial charge in [-0.05, 0) is 30.9 Å². The highest BCUT2D eigenvalue weighted by atomic mass is 16.6. The molecule has 130 valence electrons. The number of non-ortho nitro benzene ring substituents is 1. The molecule has 1 aliphatic carbocycles. The molecule has 6 heteroatoms. The lowest BCUT2D eigenvalue weighted by Gasteiger charge is -2.42. The first kappa shape index (κ1) is 16.9. The van der Waals surface area contributed by atoms with E-state index in [0.29, 0.717) is 11.6 Å². The topological polar surface area (TPSA) is 66.7 Å². The second-order valence-corrected chi connectivity index (χ2v) is 7.06. The van der Waals surface area contributed by atoms with Gasteiger partial charge >= 0.3 is 0 Å². The molecule has 1 saturated carbocycles. The van der Waals surface area contributed by atoms with Crippen molar-refractivity contribution in [3.63, 3.8) is 0 Å². The third kappa shape index (κ3) is 3.75. The molecule has 1 heterocycles. The van der Waals surface area contributed by atoms with Crippen LogP contribution in [-0.4, -0.2) is 52.9 Å². The highest BCUT2D eigenvalue weighted by Gasteiger charge is 2.29. The highest BCUT2D eigenvalue weighted by molar-refractivity contribution is 5.94. The van der Waals surface area contributed by atoms with E-state index < -0.39 is 4.92 Å². The van der Waals surface area contributed by atoms with Gasteiger partial charge in [-0.3, -0.25) is 19.8 Å². The summed E-state index contributed by atoms with van der Waals surface area (Å²) in [5, 5.41) is 10.7. The fourth-order valence-corrected chi connectivity index (χ4v) is 3.93. The molecule has 2 fully saturated rings. The van der Waals surface area contributed by atoms with Crippen LogP contribution in [0.25, 0.3) is 0 Å². The number of hydrogen-bond acceptors (Lipinski definition) is 4. The molecular formula is C18H25N3O3. The maximum atomic E-state index is 12.6. The third-order valence-corrected chi connectivity index (χ3v) is 5.35. The summed E-state index contributed by atoms with van der Waals surface area (Å²) in [6, 6.07) is 6.57. The van der Waals surface area contributed by atoms with Crippen LogP contribution in [0.2, 0.25) is 0 Å². The minimum absolute atomic E-state index is 0.0165. The Morgan fingerprint density at radius 3 is 2.38 bits per heavy atom. The molecule has 1 amide bonds. The van der Waals surface area contributed by atoms with Gasteiger partial charge in [0.2, 0.25) is 0 Å². The molecule has 0 N–H and O–H groups in total. The van der Waals surface area contributed by atoms with E-state index in [1.165, 1.54) is 37.8 Å². The summed E-state index contributed by atoms with van der Waals surface area (Å²) in [6.45, 7) is 5.66. The second-order valence-electron chi connectivity index (χ2n) is 7.06. The molecule has 1 saturated heterocycles. The maximum Gasteiger partial charge on any atom is 0.269 e. The Morgan fingerprint density at radius 1 is 1.12 bits per heavy atom. The standard InChI is InChI=1S/C18H25N3O3/c1-14-3-2-4-17(13-14)19-9-11-20(12-10-19)18(22)15-5-7-16(8-6-15)21(23)24/h5-8,14,17H,2-4,9-13H2,1H3/t14-,17+/m0/s1. The average molecular weight is 331 g/mol. The molecule has 2 aliphatic rings. The van der Waals surface area contributed by atoms with Gasteiger partial charge in [0.15, 0.2) is 0 Å². The van der Waals surface area contributed by atoms with Gasteiger partial charge in [0, 0.05) is 49.9 Å². The number of rotatable bonds is 3. The van der Waals surface area contributed by atoms with Gasteiger partial charge in [0.05, 0.1) is 4.92 Å². The van der Waals surface area contributed by atoms with Crippen molar-refractivity contribution in [2.24, 2.45) is 5.92 Å². The van der Waals surface area contributed by atoms with Gasteiger partial charge in [0.1, 0.15) is 0 Å². The van der Waals surface area contributed by atoms with Gasteiger partial charge in [-0.15, -0.1) is 0 Å². The van der Waals surface area contributed by atoms with E-state index in [-0.39, 0.29) is 11.6 Å². The molecule has 0 radical (unpaired) electrons. The quantitative estimate of drug-likeness (QED) is 0.631. The van der Waals surface area contributed by atoms with Crippen LogP contribution < -0.4 is 0 Å². The average Bonchev–Trinajstić information content (AvgIpc) is 2.61. The van der Waals surface area contributed by atoms with E-state index in [1.54, 1.807) is 12.1 Å². The lowest BCUT2D eigenvalue weighted by Crippen LogP contribution is -2.52. The Bertz CT molecular complexity index is 594. The minimum atomic E-state index is -0.446. The molecule has 2 atom stereocenters. The largest absolute Gasteiger partial charge is 0.336 e. The van der Waals surface area contributed by atoms with Crippen LogP contribution >= 0.6 is 0 Å². The molecule has 1 aromatic carbocycles. The normalized spacial score (nSPS) is 25.5. The number of amides is 1. The van der Waals surface area contributed by atoms with Gasteiger partial charge < -0.3 is 4.90 Å². The van der Waals surface area contributed by atoms with Crippen LogP contribution in [0.3, 0.4) is 0 Å². The number of nitro groups is 1. The smallest absolute Gasteiger partial charge is 0.269 e. The zero-order valence-corrected chi connectivity index (χ0v) is 14.2. The molecule has 0 bridgehead atoms. The zero-order valence-electron chi connectivity index (χ0n) is 14.2. The van der Waals surface area contributed by atoms with Crippen LogP contribution in [0.1, 0.15) is 43.0 Å². The van der Waals surface area contributed by atoms with Crippen molar-refractivity contribution in [1.82, 2.24) is 9.80 Å². The Morgan fingerprint density at radius 2 is 1.79 bits per heavy atom. The maximum absolute atomic E-state index is 12.6. The summed E-state index contributed by atoms with van der Waals surface area (Å²) in [5.74, 6) is 0.782. The molecule has 24 heavy (non-hydrogen) atoms. The van der Waals surface area contributed by atoms with E-state index in [2.05, 4.69) is 11.8 Å². The first-order valence-electron chi connectivity index (χ1n) is 8.82. The minimum Gasteiger partial charge on any atom is -0.336 e. The molecule has 0 unspecified atom stereocenters. The van der Waals surface area contributed by atoms with Crippen LogP contribution in [0.15, 0.2) is 24.3 Å². The predicted molar refractivity (Wildman–Crippen MR) is 92.0 cm³/mol. The Kier molecular flexibility index (Phi) is 5.14. The van der Waals surface area contributed by atoms with Crippen LogP contribution in [-0.2, 0) is 0 Å². The van der Waals surface area contributed by atoms with E-state index in [4.69, 9.17) is 0 Å². The van der Waals surface area contributed by atoms with Crippen LogP contribution in [0, 0.1) is 16.0 Å². The summed E-state index contributed by atoms with van der Waals surface area (Å²) in [7, 11) is 0. The molecule has 0 spiro atoms. The monoisotopic (exact) mass is 331 g/mol. The fourth-order valence-electron chi connectivity index (χ4n) is 3.93. The molecule has 1 aromatic rings. The first-order valence-corrected chi connectivity index (χ1v) is 8.82. The van der Waals surface area contributed by atoms with E-state index >= 15 is 0 Å². The van der Waals surface area contributed by atoms with Crippen molar-refractivity contribution in [2.45, 2.75) is 38.6 Å². The Hall–Kier alpha value is -1.95. The van der Waals surface area contributed by atoms with Crippen molar-refractivity contribution in [3.05, 3.63) is 39.9 Å². The third-order valence-electron chi connectivity index (χ3n) is 5.35. The van der Waals surface area contributed by atoms with Crippen molar-refractivity contribution in [1.29, 1.82) is 0 Å². The van der Waals surface area contributed by atoms with Crippen molar-refractivity contribution in [3.8, 4) is 0 Å².